The van der Waals surface area contributed by atoms with Crippen molar-refractivity contribution in [1.82, 2.24) is 25.5 Å². The van der Waals surface area contributed by atoms with Gasteiger partial charge in [-0.05, 0) is 36.6 Å². The van der Waals surface area contributed by atoms with Gasteiger partial charge in [-0.25, -0.2) is 4.68 Å². The number of nitrogens with zero attached hydrogens (tertiary/aromatic N) is 5. The van der Waals surface area contributed by atoms with Gasteiger partial charge >= 0.3 is 0 Å². The Bertz CT molecular complexity index is 449. The lowest BCUT2D eigenvalue weighted by Crippen LogP contribution is -2.44. The summed E-state index contributed by atoms with van der Waals surface area (Å²) in [5.41, 5.74) is -0.459. The van der Waals surface area contributed by atoms with Crippen molar-refractivity contribution in [3.05, 3.63) is 0 Å². The van der Waals surface area contributed by atoms with Crippen LogP contribution in [0, 0.1) is 11.3 Å². The van der Waals surface area contributed by atoms with E-state index in [9.17, 15) is 5.26 Å². The minimum absolute atomic E-state index is 0.283. The van der Waals surface area contributed by atoms with Crippen LogP contribution in [-0.2, 0) is 7.05 Å². The van der Waals surface area contributed by atoms with Crippen LogP contribution in [0.15, 0.2) is 5.16 Å². The molecule has 1 aromatic rings. The van der Waals surface area contributed by atoms with Crippen molar-refractivity contribution < 1.29 is 0 Å². The van der Waals surface area contributed by atoms with Gasteiger partial charge in [0.15, 0.2) is 0 Å². The van der Waals surface area contributed by atoms with E-state index >= 15 is 0 Å². The predicted molar refractivity (Wildman–Crippen MR) is 68.9 cm³/mol. The molecule has 0 saturated heterocycles. The van der Waals surface area contributed by atoms with Crippen LogP contribution in [0.2, 0.25) is 0 Å². The van der Waals surface area contributed by atoms with Crippen molar-refractivity contribution in [2.24, 2.45) is 7.05 Å². The van der Waals surface area contributed by atoms with Crippen molar-refractivity contribution in [2.45, 2.75) is 55.1 Å². The highest BCUT2D eigenvalue weighted by Gasteiger charge is 2.34. The maximum Gasteiger partial charge on any atom is 0.209 e. The van der Waals surface area contributed by atoms with Crippen molar-refractivity contribution in [1.29, 1.82) is 5.26 Å². The number of rotatable bonds is 6. The maximum atomic E-state index is 9.32. The molecule has 0 bridgehead atoms. The average molecular weight is 266 g/mol. The summed E-state index contributed by atoms with van der Waals surface area (Å²) in [5.74, 6) is 0. The molecule has 0 radical (unpaired) electrons. The summed E-state index contributed by atoms with van der Waals surface area (Å²) in [6.07, 6.45) is 3.15. The van der Waals surface area contributed by atoms with E-state index in [4.69, 9.17) is 0 Å². The van der Waals surface area contributed by atoms with Crippen molar-refractivity contribution in [3.63, 3.8) is 0 Å². The molecular weight excluding hydrogens is 248 g/mol. The normalized spacial score (nSPS) is 20.1. The molecule has 0 aliphatic heterocycles. The summed E-state index contributed by atoms with van der Waals surface area (Å²) in [6.45, 7) is 4.07. The number of thioether (sulfide) groups is 1. The number of aromatic nitrogens is 4. The summed E-state index contributed by atoms with van der Waals surface area (Å²) < 4.78 is 1.65. The molecule has 7 heteroatoms. The molecule has 6 nitrogen and oxygen atoms in total. The van der Waals surface area contributed by atoms with E-state index in [2.05, 4.69) is 33.8 Å². The van der Waals surface area contributed by atoms with Crippen LogP contribution >= 0.6 is 11.8 Å². The lowest BCUT2D eigenvalue weighted by atomic mass is 9.98. The van der Waals surface area contributed by atoms with Gasteiger partial charge in [0.1, 0.15) is 5.54 Å². The van der Waals surface area contributed by atoms with E-state index in [-0.39, 0.29) is 5.25 Å². The van der Waals surface area contributed by atoms with Gasteiger partial charge in [0.25, 0.3) is 0 Å². The third-order valence-corrected chi connectivity index (χ3v) is 4.06. The zero-order chi connectivity index (χ0) is 13.2. The van der Waals surface area contributed by atoms with Crippen LogP contribution in [0.25, 0.3) is 0 Å². The molecule has 1 saturated carbocycles. The maximum absolute atomic E-state index is 9.32. The first-order valence-corrected chi connectivity index (χ1v) is 6.98. The second kappa shape index (κ2) is 5.24. The fraction of sp³-hybridized carbons (Fsp3) is 0.818. The number of tetrazole rings is 1. The minimum atomic E-state index is -0.459. The molecule has 0 amide bonds. The molecule has 0 spiro atoms. The highest BCUT2D eigenvalue weighted by molar-refractivity contribution is 7.99. The summed E-state index contributed by atoms with van der Waals surface area (Å²) in [7, 11) is 1.82. The van der Waals surface area contributed by atoms with Gasteiger partial charge in [0.05, 0.1) is 6.07 Å². The van der Waals surface area contributed by atoms with Gasteiger partial charge in [-0.2, -0.15) is 5.26 Å². The number of hydrogen-bond donors (Lipinski definition) is 1. The highest BCUT2D eigenvalue weighted by atomic mass is 32.2. The molecule has 1 aliphatic carbocycles. The quantitative estimate of drug-likeness (QED) is 0.777. The van der Waals surface area contributed by atoms with Crippen molar-refractivity contribution >= 4 is 11.8 Å². The zero-order valence-electron chi connectivity index (χ0n) is 10.9. The summed E-state index contributed by atoms with van der Waals surface area (Å²) >= 11 is 1.60. The third kappa shape index (κ3) is 3.43. The summed E-state index contributed by atoms with van der Waals surface area (Å²) in [4.78, 5) is 0. The summed E-state index contributed by atoms with van der Waals surface area (Å²) in [6, 6.07) is 2.92. The van der Waals surface area contributed by atoms with E-state index in [1.807, 2.05) is 14.0 Å². The minimum Gasteiger partial charge on any atom is -0.297 e. The molecule has 1 heterocycles. The third-order valence-electron chi connectivity index (χ3n) is 2.93. The van der Waals surface area contributed by atoms with E-state index < -0.39 is 5.54 Å². The fourth-order valence-electron chi connectivity index (χ4n) is 1.93. The number of nitrogens with one attached hydrogen (secondary N) is 1. The predicted octanol–water partition coefficient (Wildman–Crippen LogP) is 1.12. The molecule has 2 unspecified atom stereocenters. The van der Waals surface area contributed by atoms with Gasteiger partial charge in [-0.1, -0.05) is 18.7 Å². The Kier molecular flexibility index (Phi) is 3.88. The molecular formula is C11H18N6S. The molecule has 2 atom stereocenters. The Morgan fingerprint density at radius 2 is 2.39 bits per heavy atom. The topological polar surface area (TPSA) is 79.4 Å². The largest absolute Gasteiger partial charge is 0.297 e. The molecule has 1 N–H and O–H groups in total. The fourth-order valence-corrected chi connectivity index (χ4v) is 2.98. The van der Waals surface area contributed by atoms with Crippen LogP contribution in [0.5, 0.6) is 0 Å². The first-order chi connectivity index (χ1) is 8.52. The second-order valence-corrected chi connectivity index (χ2v) is 6.49. The Morgan fingerprint density at radius 1 is 1.67 bits per heavy atom. The number of hydrogen-bond acceptors (Lipinski definition) is 6. The lowest BCUT2D eigenvalue weighted by molar-refractivity contribution is 0.414. The van der Waals surface area contributed by atoms with E-state index in [0.717, 1.165) is 11.6 Å². The zero-order valence-corrected chi connectivity index (χ0v) is 11.7. The van der Waals surface area contributed by atoms with Gasteiger partial charge in [0.2, 0.25) is 5.16 Å². The van der Waals surface area contributed by atoms with Gasteiger partial charge in [-0.15, -0.1) is 5.10 Å². The Morgan fingerprint density at radius 3 is 2.89 bits per heavy atom. The van der Waals surface area contributed by atoms with E-state index in [1.54, 1.807) is 16.4 Å². The molecule has 18 heavy (non-hydrogen) atoms. The van der Waals surface area contributed by atoms with E-state index in [0.29, 0.717) is 6.04 Å². The average Bonchev–Trinajstić information content (AvgIpc) is 3.02. The first kappa shape index (κ1) is 13.3. The van der Waals surface area contributed by atoms with Crippen molar-refractivity contribution in [2.75, 3.05) is 0 Å². The Hall–Kier alpha value is -1.13. The molecule has 2 rings (SSSR count). The standard InChI is InChI=1S/C11H18N6S/c1-8(18-10-14-15-16-17(10)3)6-11(2,7-12)13-9-4-5-9/h8-9,13H,4-6H2,1-3H3. The van der Waals surface area contributed by atoms with Crippen LogP contribution in [0.3, 0.4) is 0 Å². The van der Waals surface area contributed by atoms with Crippen LogP contribution < -0.4 is 5.32 Å². The first-order valence-electron chi connectivity index (χ1n) is 6.10. The summed E-state index contributed by atoms with van der Waals surface area (Å²) in [5, 5.41) is 25.2. The molecule has 1 aromatic heterocycles. The SMILES string of the molecule is CC(CC(C)(C#N)NC1CC1)Sc1nnnn1C. The number of aryl methyl sites for hydroxylation is 1. The van der Waals surface area contributed by atoms with Crippen molar-refractivity contribution in [3.8, 4) is 6.07 Å². The van der Waals surface area contributed by atoms with Crippen LogP contribution in [0.1, 0.15) is 33.1 Å². The second-order valence-electron chi connectivity index (χ2n) is 5.08. The monoisotopic (exact) mass is 266 g/mol. The van der Waals surface area contributed by atoms with E-state index in [1.165, 1.54) is 12.8 Å². The van der Waals surface area contributed by atoms with Gasteiger partial charge in [-0.3, -0.25) is 5.32 Å². The smallest absolute Gasteiger partial charge is 0.209 e. The highest BCUT2D eigenvalue weighted by Crippen LogP contribution is 2.29. The Balaban J connectivity index is 1.91. The van der Waals surface area contributed by atoms with Gasteiger partial charge in [0, 0.05) is 18.3 Å². The molecule has 0 aromatic carbocycles. The lowest BCUT2D eigenvalue weighted by Gasteiger charge is -2.26. The molecule has 1 fully saturated rings. The Labute approximate surface area is 111 Å². The van der Waals surface area contributed by atoms with Gasteiger partial charge < -0.3 is 0 Å². The van der Waals surface area contributed by atoms with Crippen LogP contribution in [0.4, 0.5) is 0 Å². The van der Waals surface area contributed by atoms with Crippen LogP contribution in [-0.4, -0.2) is 37.0 Å². The number of nitriles is 1. The molecule has 1 aliphatic rings. The molecule has 98 valence electrons.